The minimum Gasteiger partial charge on any atom is -0.550 e. The number of thioether (sulfide) groups is 1. The average Bonchev–Trinajstić information content (AvgIpc) is 1.79. The van der Waals surface area contributed by atoms with Crippen molar-refractivity contribution in [1.82, 2.24) is 0 Å². The number of hydrogen-bond acceptors (Lipinski definition) is 5. The SMILES string of the molecule is O=C([O-])CCCSC(=S)[S-].[Na+].[Na+]. The van der Waals surface area contributed by atoms with Gasteiger partial charge in [0.25, 0.3) is 0 Å². The molecule has 0 fully saturated rings. The van der Waals surface area contributed by atoms with Crippen LogP contribution in [0.2, 0.25) is 0 Å². The topological polar surface area (TPSA) is 40.1 Å². The molecule has 0 aliphatic heterocycles. The Kier molecular flexibility index (Phi) is 21.5. The van der Waals surface area contributed by atoms with Crippen LogP contribution in [0.3, 0.4) is 0 Å². The summed E-state index contributed by atoms with van der Waals surface area (Å²) in [4.78, 5) is 9.86. The Labute approximate surface area is 132 Å². The fraction of sp³-hybridized carbons (Fsp3) is 0.600. The molecule has 0 N–H and O–H groups in total. The van der Waals surface area contributed by atoms with Gasteiger partial charge in [-0.05, 0) is 18.6 Å². The standard InChI is InChI=1S/C5H8O2S3.2Na/c6-4(7)2-1-3-10-5(8)9;;/h1-3H2,(H,6,7)(H,8,9);;/q;2*+1/p-2. The van der Waals surface area contributed by atoms with Crippen LogP contribution in [0.1, 0.15) is 12.8 Å². The molecule has 0 aromatic carbocycles. The van der Waals surface area contributed by atoms with Gasteiger partial charge in [-0.2, -0.15) is 0 Å². The summed E-state index contributed by atoms with van der Waals surface area (Å²) >= 11 is 10.5. The van der Waals surface area contributed by atoms with Gasteiger partial charge in [0.05, 0.1) is 0 Å². The summed E-state index contributed by atoms with van der Waals surface area (Å²) in [7, 11) is 0. The van der Waals surface area contributed by atoms with Gasteiger partial charge in [0, 0.05) is 5.97 Å². The van der Waals surface area contributed by atoms with Gasteiger partial charge >= 0.3 is 59.1 Å². The summed E-state index contributed by atoms with van der Waals surface area (Å²) in [5.41, 5.74) is 0. The van der Waals surface area contributed by atoms with Crippen LogP contribution in [0.25, 0.3) is 0 Å². The van der Waals surface area contributed by atoms with Crippen LogP contribution in [0.15, 0.2) is 0 Å². The Bertz CT molecular complexity index is 127. The second-order valence-corrected chi connectivity index (χ2v) is 4.27. The van der Waals surface area contributed by atoms with E-state index in [0.717, 1.165) is 0 Å². The Hall–Kier alpha value is 2.13. The monoisotopic (exact) mass is 240 g/mol. The Morgan fingerprint density at radius 3 is 2.33 bits per heavy atom. The fourth-order valence-electron chi connectivity index (χ4n) is 0.372. The van der Waals surface area contributed by atoms with E-state index in [1.165, 1.54) is 11.8 Å². The quantitative estimate of drug-likeness (QED) is 0.212. The molecular weight excluding hydrogens is 234 g/mol. The zero-order valence-electron chi connectivity index (χ0n) is 7.16. The van der Waals surface area contributed by atoms with Gasteiger partial charge in [-0.3, -0.25) is 0 Å². The van der Waals surface area contributed by atoms with Gasteiger partial charge in [-0.25, -0.2) is 0 Å². The first-order chi connectivity index (χ1) is 4.63. The van der Waals surface area contributed by atoms with Crippen molar-refractivity contribution >= 4 is 46.1 Å². The molecule has 0 spiro atoms. The third-order valence-corrected chi connectivity index (χ3v) is 2.18. The number of carboxylic acids is 1. The van der Waals surface area contributed by atoms with E-state index in [-0.39, 0.29) is 65.5 Å². The smallest absolute Gasteiger partial charge is 0.550 e. The van der Waals surface area contributed by atoms with E-state index in [4.69, 9.17) is 0 Å². The molecule has 7 heteroatoms. The zero-order chi connectivity index (χ0) is 7.98. The summed E-state index contributed by atoms with van der Waals surface area (Å²) in [5.74, 6) is -0.341. The van der Waals surface area contributed by atoms with Crippen LogP contribution in [0.4, 0.5) is 0 Å². The second-order valence-electron chi connectivity index (χ2n) is 1.57. The third kappa shape index (κ3) is 18.0. The van der Waals surface area contributed by atoms with Gasteiger partial charge in [-0.1, -0.05) is 3.53 Å². The Balaban J connectivity index is -0.000000405. The van der Waals surface area contributed by atoms with Crippen molar-refractivity contribution in [2.45, 2.75) is 12.8 Å². The van der Waals surface area contributed by atoms with Crippen molar-refractivity contribution in [3.63, 3.8) is 0 Å². The van der Waals surface area contributed by atoms with Crippen molar-refractivity contribution < 1.29 is 69.0 Å². The van der Waals surface area contributed by atoms with Crippen LogP contribution in [-0.2, 0) is 17.4 Å². The molecule has 0 unspecified atom stereocenters. The van der Waals surface area contributed by atoms with E-state index in [1.54, 1.807) is 0 Å². The van der Waals surface area contributed by atoms with Gasteiger partial charge in [0.15, 0.2) is 0 Å². The molecule has 0 aromatic heterocycles. The molecule has 2 nitrogen and oxygen atoms in total. The number of thiocarbonyl (C=S) groups is 1. The van der Waals surface area contributed by atoms with Crippen molar-refractivity contribution in [2.75, 3.05) is 5.75 Å². The largest absolute Gasteiger partial charge is 1.00 e. The molecule has 0 amide bonds. The van der Waals surface area contributed by atoms with Crippen LogP contribution >= 0.6 is 24.0 Å². The maximum absolute atomic E-state index is 9.86. The molecule has 0 heterocycles. The molecule has 0 atom stereocenters. The van der Waals surface area contributed by atoms with Crippen LogP contribution in [0.5, 0.6) is 0 Å². The van der Waals surface area contributed by atoms with Gasteiger partial charge in [-0.15, -0.1) is 11.8 Å². The average molecular weight is 240 g/mol. The van der Waals surface area contributed by atoms with Gasteiger partial charge in [0.1, 0.15) is 0 Å². The van der Waals surface area contributed by atoms with Crippen molar-refractivity contribution in [3.05, 3.63) is 0 Å². The summed E-state index contributed by atoms with van der Waals surface area (Å²) in [5, 5.41) is 9.86. The first-order valence-corrected chi connectivity index (χ1v) is 4.46. The third-order valence-electron chi connectivity index (χ3n) is 0.745. The summed E-state index contributed by atoms with van der Waals surface area (Å²) < 4.78 is 0.443. The fourth-order valence-corrected chi connectivity index (χ4v) is 1.33. The first-order valence-electron chi connectivity index (χ1n) is 2.66. The number of aliphatic carboxylic acids is 1. The molecule has 0 saturated carbocycles. The number of carbonyl (C=O) groups excluding carboxylic acids is 1. The predicted molar refractivity (Wildman–Crippen MR) is 46.7 cm³/mol. The zero-order valence-corrected chi connectivity index (χ0v) is 13.6. The van der Waals surface area contributed by atoms with E-state index in [0.29, 0.717) is 15.7 Å². The maximum Gasteiger partial charge on any atom is 1.00 e. The van der Waals surface area contributed by atoms with Gasteiger partial charge in [0.2, 0.25) is 0 Å². The molecule has 0 bridgehead atoms. The first kappa shape index (κ1) is 19.7. The van der Waals surface area contributed by atoms with E-state index in [1.807, 2.05) is 0 Å². The molecule has 0 saturated heterocycles. The number of rotatable bonds is 4. The maximum atomic E-state index is 9.86. The minimum atomic E-state index is -1.02. The van der Waals surface area contributed by atoms with Crippen molar-refractivity contribution in [2.24, 2.45) is 0 Å². The number of carbonyl (C=O) groups is 1. The van der Waals surface area contributed by atoms with Crippen molar-refractivity contribution in [3.8, 4) is 0 Å². The van der Waals surface area contributed by atoms with E-state index < -0.39 is 5.97 Å². The number of hydrogen-bond donors (Lipinski definition) is 0. The molecule has 12 heavy (non-hydrogen) atoms. The minimum absolute atomic E-state index is 0. The molecular formula is C5H6Na2O2S3. The molecule has 58 valence electrons. The molecule has 0 rings (SSSR count). The number of carboxylic acid groups (broad SMARTS) is 1. The molecule has 0 aliphatic rings. The van der Waals surface area contributed by atoms with E-state index in [2.05, 4.69) is 24.8 Å². The van der Waals surface area contributed by atoms with E-state index >= 15 is 0 Å². The predicted octanol–water partition coefficient (Wildman–Crippen LogP) is -5.91. The molecule has 0 radical (unpaired) electrons. The van der Waals surface area contributed by atoms with E-state index in [9.17, 15) is 9.90 Å². The van der Waals surface area contributed by atoms with Crippen LogP contribution in [-0.4, -0.2) is 15.3 Å². The Morgan fingerprint density at radius 1 is 1.50 bits per heavy atom. The normalized spacial score (nSPS) is 7.67. The molecule has 0 aromatic rings. The molecule has 0 aliphatic carbocycles. The van der Waals surface area contributed by atoms with Crippen LogP contribution < -0.4 is 64.2 Å². The second kappa shape index (κ2) is 13.1. The van der Waals surface area contributed by atoms with Crippen LogP contribution in [0, 0.1) is 0 Å². The summed E-state index contributed by atoms with van der Waals surface area (Å²) in [6.45, 7) is 0. The van der Waals surface area contributed by atoms with Gasteiger partial charge < -0.3 is 34.7 Å². The summed E-state index contributed by atoms with van der Waals surface area (Å²) in [6.07, 6.45) is 0.661. The van der Waals surface area contributed by atoms with Crippen molar-refractivity contribution in [1.29, 1.82) is 0 Å². The Morgan fingerprint density at radius 2 is 2.00 bits per heavy atom. The summed E-state index contributed by atoms with van der Waals surface area (Å²) in [6, 6.07) is 0.